The van der Waals surface area contributed by atoms with E-state index in [9.17, 15) is 0 Å². The van der Waals surface area contributed by atoms with Crippen LogP contribution in [0.25, 0.3) is 0 Å². The molecule has 0 aromatic rings. The standard InChI is InChI=1S/C11H20O3/c1-4-10(12-7-1)5-2-8-13-11-6-3-9-14-11/h10-11H,1-9H2. The van der Waals surface area contributed by atoms with Crippen molar-refractivity contribution in [2.75, 3.05) is 19.8 Å². The zero-order valence-electron chi connectivity index (χ0n) is 8.74. The highest BCUT2D eigenvalue weighted by molar-refractivity contribution is 4.64. The summed E-state index contributed by atoms with van der Waals surface area (Å²) in [5.74, 6) is 0. The van der Waals surface area contributed by atoms with Gasteiger partial charge in [-0.1, -0.05) is 0 Å². The Balaban J connectivity index is 1.46. The normalized spacial score (nSPS) is 32.6. The lowest BCUT2D eigenvalue weighted by molar-refractivity contribution is -0.112. The van der Waals surface area contributed by atoms with Gasteiger partial charge in [0.2, 0.25) is 0 Å². The smallest absolute Gasteiger partial charge is 0.157 e. The summed E-state index contributed by atoms with van der Waals surface area (Å²) in [6.45, 7) is 2.65. The van der Waals surface area contributed by atoms with Crippen molar-refractivity contribution >= 4 is 0 Å². The predicted molar refractivity (Wildman–Crippen MR) is 53.1 cm³/mol. The van der Waals surface area contributed by atoms with Gasteiger partial charge in [-0.25, -0.2) is 0 Å². The number of hydrogen-bond acceptors (Lipinski definition) is 3. The van der Waals surface area contributed by atoms with Crippen LogP contribution < -0.4 is 0 Å². The Kier molecular flexibility index (Phi) is 4.22. The van der Waals surface area contributed by atoms with Crippen molar-refractivity contribution in [1.82, 2.24) is 0 Å². The number of rotatable bonds is 5. The van der Waals surface area contributed by atoms with E-state index in [1.165, 1.54) is 12.8 Å². The molecule has 82 valence electrons. The third-order valence-electron chi connectivity index (χ3n) is 2.89. The molecular formula is C11H20O3. The van der Waals surface area contributed by atoms with Crippen LogP contribution in [-0.4, -0.2) is 32.2 Å². The van der Waals surface area contributed by atoms with Crippen molar-refractivity contribution in [2.45, 2.75) is 50.9 Å². The molecule has 0 spiro atoms. The topological polar surface area (TPSA) is 27.7 Å². The van der Waals surface area contributed by atoms with Crippen LogP contribution in [0.1, 0.15) is 38.5 Å². The van der Waals surface area contributed by atoms with Gasteiger partial charge >= 0.3 is 0 Å². The van der Waals surface area contributed by atoms with E-state index >= 15 is 0 Å². The molecule has 0 amide bonds. The summed E-state index contributed by atoms with van der Waals surface area (Å²) in [5, 5.41) is 0. The van der Waals surface area contributed by atoms with E-state index in [0.717, 1.165) is 45.5 Å². The molecule has 2 aliphatic rings. The fraction of sp³-hybridized carbons (Fsp3) is 1.00. The molecule has 2 fully saturated rings. The molecular weight excluding hydrogens is 180 g/mol. The van der Waals surface area contributed by atoms with Crippen LogP contribution in [0.2, 0.25) is 0 Å². The summed E-state index contributed by atoms with van der Waals surface area (Å²) >= 11 is 0. The first kappa shape index (κ1) is 10.4. The summed E-state index contributed by atoms with van der Waals surface area (Å²) in [6, 6.07) is 0. The van der Waals surface area contributed by atoms with Crippen LogP contribution in [-0.2, 0) is 14.2 Å². The molecule has 2 aliphatic heterocycles. The van der Waals surface area contributed by atoms with Gasteiger partial charge < -0.3 is 14.2 Å². The van der Waals surface area contributed by atoms with Gasteiger partial charge in [-0.3, -0.25) is 0 Å². The minimum Gasteiger partial charge on any atom is -0.378 e. The first-order valence-electron chi connectivity index (χ1n) is 5.80. The second-order valence-electron chi connectivity index (χ2n) is 4.09. The molecule has 2 unspecified atom stereocenters. The summed E-state index contributed by atoms with van der Waals surface area (Å²) in [7, 11) is 0. The van der Waals surface area contributed by atoms with Crippen LogP contribution in [0.5, 0.6) is 0 Å². The fourth-order valence-corrected chi connectivity index (χ4v) is 2.08. The Morgan fingerprint density at radius 1 is 1.07 bits per heavy atom. The van der Waals surface area contributed by atoms with Crippen LogP contribution in [0, 0.1) is 0 Å². The molecule has 3 heteroatoms. The van der Waals surface area contributed by atoms with Gasteiger partial charge in [0.1, 0.15) is 0 Å². The van der Waals surface area contributed by atoms with Crippen molar-refractivity contribution < 1.29 is 14.2 Å². The highest BCUT2D eigenvalue weighted by Gasteiger charge is 2.17. The van der Waals surface area contributed by atoms with Crippen molar-refractivity contribution in [1.29, 1.82) is 0 Å². The minimum absolute atomic E-state index is 0.0829. The lowest BCUT2D eigenvalue weighted by Gasteiger charge is -2.12. The zero-order valence-corrected chi connectivity index (χ0v) is 8.74. The van der Waals surface area contributed by atoms with Crippen molar-refractivity contribution in [3.05, 3.63) is 0 Å². The summed E-state index contributed by atoms with van der Waals surface area (Å²) < 4.78 is 16.5. The third-order valence-corrected chi connectivity index (χ3v) is 2.89. The molecule has 3 nitrogen and oxygen atoms in total. The number of hydrogen-bond donors (Lipinski definition) is 0. The van der Waals surface area contributed by atoms with Crippen molar-refractivity contribution in [3.8, 4) is 0 Å². The molecule has 0 aromatic carbocycles. The summed E-state index contributed by atoms with van der Waals surface area (Å²) in [4.78, 5) is 0. The average molecular weight is 200 g/mol. The third kappa shape index (κ3) is 3.23. The molecule has 0 radical (unpaired) electrons. The highest BCUT2D eigenvalue weighted by Crippen LogP contribution is 2.18. The zero-order chi connectivity index (χ0) is 9.64. The Morgan fingerprint density at radius 2 is 1.93 bits per heavy atom. The largest absolute Gasteiger partial charge is 0.378 e. The van der Waals surface area contributed by atoms with Gasteiger partial charge in [-0.05, 0) is 32.1 Å². The molecule has 2 heterocycles. The molecule has 2 saturated heterocycles. The highest BCUT2D eigenvalue weighted by atomic mass is 16.7. The van der Waals surface area contributed by atoms with E-state index in [1.54, 1.807) is 0 Å². The van der Waals surface area contributed by atoms with Gasteiger partial charge in [0.15, 0.2) is 6.29 Å². The molecule has 0 aromatic heterocycles. The second kappa shape index (κ2) is 5.69. The molecule has 0 aliphatic carbocycles. The maximum absolute atomic E-state index is 5.58. The Hall–Kier alpha value is -0.120. The lowest BCUT2D eigenvalue weighted by Crippen LogP contribution is -2.13. The van der Waals surface area contributed by atoms with E-state index in [0.29, 0.717) is 6.10 Å². The Labute approximate surface area is 85.7 Å². The monoisotopic (exact) mass is 200 g/mol. The van der Waals surface area contributed by atoms with E-state index in [4.69, 9.17) is 14.2 Å². The SMILES string of the molecule is C1COC(CCCOC2CCCO2)C1. The van der Waals surface area contributed by atoms with Crippen molar-refractivity contribution in [3.63, 3.8) is 0 Å². The first-order valence-corrected chi connectivity index (χ1v) is 5.80. The average Bonchev–Trinajstić information content (AvgIpc) is 2.86. The molecule has 2 atom stereocenters. The first-order chi connectivity index (χ1) is 6.95. The van der Waals surface area contributed by atoms with Crippen molar-refractivity contribution in [2.24, 2.45) is 0 Å². The lowest BCUT2D eigenvalue weighted by atomic mass is 10.1. The molecule has 2 rings (SSSR count). The van der Waals surface area contributed by atoms with Crippen LogP contribution in [0.4, 0.5) is 0 Å². The minimum atomic E-state index is 0.0829. The quantitative estimate of drug-likeness (QED) is 0.636. The van der Waals surface area contributed by atoms with Crippen LogP contribution >= 0.6 is 0 Å². The molecule has 0 saturated carbocycles. The Morgan fingerprint density at radius 3 is 2.64 bits per heavy atom. The fourth-order valence-electron chi connectivity index (χ4n) is 2.08. The van der Waals surface area contributed by atoms with Gasteiger partial charge in [-0.2, -0.15) is 0 Å². The van der Waals surface area contributed by atoms with E-state index < -0.39 is 0 Å². The molecule has 14 heavy (non-hydrogen) atoms. The maximum Gasteiger partial charge on any atom is 0.157 e. The second-order valence-corrected chi connectivity index (χ2v) is 4.09. The van der Waals surface area contributed by atoms with E-state index in [-0.39, 0.29) is 6.29 Å². The summed E-state index contributed by atoms with van der Waals surface area (Å²) in [6.07, 6.45) is 7.52. The van der Waals surface area contributed by atoms with Gasteiger partial charge in [0.25, 0.3) is 0 Å². The van der Waals surface area contributed by atoms with E-state index in [2.05, 4.69) is 0 Å². The number of ether oxygens (including phenoxy) is 3. The van der Waals surface area contributed by atoms with Crippen LogP contribution in [0.15, 0.2) is 0 Å². The van der Waals surface area contributed by atoms with Gasteiger partial charge in [0.05, 0.1) is 6.10 Å². The molecule has 0 bridgehead atoms. The van der Waals surface area contributed by atoms with Gasteiger partial charge in [0, 0.05) is 26.2 Å². The van der Waals surface area contributed by atoms with E-state index in [1.807, 2.05) is 0 Å². The van der Waals surface area contributed by atoms with Crippen LogP contribution in [0.3, 0.4) is 0 Å². The predicted octanol–water partition coefficient (Wildman–Crippen LogP) is 2.10. The summed E-state index contributed by atoms with van der Waals surface area (Å²) in [5.41, 5.74) is 0. The maximum atomic E-state index is 5.58. The Bertz CT molecular complexity index is 131. The van der Waals surface area contributed by atoms with Gasteiger partial charge in [-0.15, -0.1) is 0 Å². The molecule has 0 N–H and O–H groups in total.